The van der Waals surface area contributed by atoms with Gasteiger partial charge in [-0.1, -0.05) is 12.8 Å². The zero-order valence-corrected chi connectivity index (χ0v) is 19.2. The summed E-state index contributed by atoms with van der Waals surface area (Å²) in [6, 6.07) is 0.255. The maximum absolute atomic E-state index is 15.0. The molecule has 4 rings (SSSR count). The van der Waals surface area contributed by atoms with E-state index in [0.717, 1.165) is 25.7 Å². The molecule has 2 aromatic rings. The van der Waals surface area contributed by atoms with Gasteiger partial charge in [0.2, 0.25) is 5.28 Å². The second kappa shape index (κ2) is 8.75. The van der Waals surface area contributed by atoms with Crippen molar-refractivity contribution in [3.05, 3.63) is 11.5 Å². The summed E-state index contributed by atoms with van der Waals surface area (Å²) in [5.41, 5.74) is 0.238. The topological polar surface area (TPSA) is 152 Å². The predicted octanol–water partition coefficient (Wildman–Crippen LogP) is 2.36. The molecule has 2 aliphatic rings. The number of aliphatic hydroxyl groups is 1. The standard InChI is InChI=1S/C18H26ClFN5O6P/c1-18(2,32(27,28)29)30-8-11-13(26)12(20)16(31-11)25-15-10(7-21-25)14(23-17(19)24-15)22-9-5-3-4-6-9/h7,9,11-13,16,26H,3-6,8H2,1-2H3,(H,22,23,24)(H2,27,28,29)/t11-,12+,13-,16-/m1/s1. The minimum Gasteiger partial charge on any atom is -0.387 e. The molecular formula is C18H26ClFN5O6P. The molecule has 0 spiro atoms. The molecule has 11 nitrogen and oxygen atoms in total. The first kappa shape index (κ1) is 23.7. The molecule has 2 aromatic heterocycles. The molecule has 0 amide bonds. The Morgan fingerprint density at radius 3 is 2.72 bits per heavy atom. The van der Waals surface area contributed by atoms with Gasteiger partial charge in [-0.25, -0.2) is 9.07 Å². The number of nitrogens with one attached hydrogen (secondary N) is 1. The van der Waals surface area contributed by atoms with Crippen LogP contribution in [-0.4, -0.2) is 71.0 Å². The normalized spacial score (nSPS) is 27.5. The van der Waals surface area contributed by atoms with E-state index in [1.165, 1.54) is 24.7 Å². The van der Waals surface area contributed by atoms with Gasteiger partial charge in [-0.3, -0.25) is 4.57 Å². The lowest BCUT2D eigenvalue weighted by Gasteiger charge is -2.28. The fourth-order valence-corrected chi connectivity index (χ4v) is 4.28. The lowest BCUT2D eigenvalue weighted by molar-refractivity contribution is -0.0894. The number of hydrogen-bond donors (Lipinski definition) is 4. The summed E-state index contributed by atoms with van der Waals surface area (Å²) in [7, 11) is -4.59. The van der Waals surface area contributed by atoms with E-state index in [-0.39, 0.29) is 17.0 Å². The Labute approximate surface area is 188 Å². The number of alkyl halides is 1. The molecule has 0 unspecified atom stereocenters. The van der Waals surface area contributed by atoms with Crippen LogP contribution in [0.2, 0.25) is 5.28 Å². The molecule has 3 heterocycles. The van der Waals surface area contributed by atoms with Gasteiger partial charge in [0.1, 0.15) is 18.0 Å². The Morgan fingerprint density at radius 2 is 2.06 bits per heavy atom. The van der Waals surface area contributed by atoms with E-state index in [0.29, 0.717) is 11.2 Å². The van der Waals surface area contributed by atoms with Crippen molar-refractivity contribution in [1.29, 1.82) is 0 Å². The number of nitrogens with zero attached hydrogens (tertiary/aromatic N) is 4. The third kappa shape index (κ3) is 4.50. The van der Waals surface area contributed by atoms with Gasteiger partial charge in [-0.15, -0.1) is 0 Å². The smallest absolute Gasteiger partial charge is 0.356 e. The van der Waals surface area contributed by atoms with Gasteiger partial charge in [0.15, 0.2) is 23.4 Å². The number of aliphatic hydroxyl groups excluding tert-OH is 1. The highest BCUT2D eigenvalue weighted by molar-refractivity contribution is 7.53. The molecule has 1 saturated carbocycles. The Morgan fingerprint density at radius 1 is 1.38 bits per heavy atom. The lowest BCUT2D eigenvalue weighted by atomic mass is 10.1. The van der Waals surface area contributed by atoms with Gasteiger partial charge >= 0.3 is 7.60 Å². The summed E-state index contributed by atoms with van der Waals surface area (Å²) in [6.45, 7) is 1.98. The number of hydrogen-bond acceptors (Lipinski definition) is 8. The van der Waals surface area contributed by atoms with E-state index in [9.17, 15) is 23.8 Å². The molecule has 4 atom stereocenters. The first-order valence-electron chi connectivity index (χ1n) is 10.3. The fraction of sp³-hybridized carbons (Fsp3) is 0.722. The van der Waals surface area contributed by atoms with Gasteiger partial charge in [-0.2, -0.15) is 15.1 Å². The maximum atomic E-state index is 15.0. The van der Waals surface area contributed by atoms with E-state index < -0.39 is 44.2 Å². The number of rotatable bonds is 7. The summed E-state index contributed by atoms with van der Waals surface area (Å²) in [6.07, 6.45) is -0.246. The molecule has 4 N–H and O–H groups in total. The first-order valence-corrected chi connectivity index (χ1v) is 12.3. The van der Waals surface area contributed by atoms with Crippen LogP contribution >= 0.6 is 19.2 Å². The van der Waals surface area contributed by atoms with Crippen LogP contribution in [0.4, 0.5) is 10.2 Å². The second-order valence-electron chi connectivity index (χ2n) is 8.60. The van der Waals surface area contributed by atoms with Crippen molar-refractivity contribution in [2.75, 3.05) is 11.9 Å². The molecule has 1 saturated heterocycles. The maximum Gasteiger partial charge on any atom is 0.356 e. The Bertz CT molecular complexity index is 1030. The van der Waals surface area contributed by atoms with Crippen molar-refractivity contribution >= 4 is 36.0 Å². The highest BCUT2D eigenvalue weighted by Gasteiger charge is 2.48. The van der Waals surface area contributed by atoms with Crippen LogP contribution in [0.1, 0.15) is 45.8 Å². The zero-order chi connectivity index (χ0) is 23.3. The number of fused-ring (bicyclic) bond motifs is 1. The van der Waals surface area contributed by atoms with Crippen molar-refractivity contribution in [2.24, 2.45) is 0 Å². The average molecular weight is 494 g/mol. The quantitative estimate of drug-likeness (QED) is 0.334. The minimum absolute atomic E-state index is 0.0445. The number of halogens is 2. The third-order valence-electron chi connectivity index (χ3n) is 5.96. The van der Waals surface area contributed by atoms with Crippen LogP contribution in [0.3, 0.4) is 0 Å². The van der Waals surface area contributed by atoms with Crippen LogP contribution < -0.4 is 5.32 Å². The Balaban J connectivity index is 1.56. The molecule has 32 heavy (non-hydrogen) atoms. The van der Waals surface area contributed by atoms with Crippen molar-refractivity contribution in [1.82, 2.24) is 19.7 Å². The molecule has 178 valence electrons. The van der Waals surface area contributed by atoms with Gasteiger partial charge in [-0.05, 0) is 38.3 Å². The second-order valence-corrected chi connectivity index (χ2v) is 11.1. The highest BCUT2D eigenvalue weighted by atomic mass is 35.5. The average Bonchev–Trinajstić information content (AvgIpc) is 3.41. The van der Waals surface area contributed by atoms with Crippen LogP contribution in [-0.2, 0) is 14.0 Å². The fourth-order valence-electron chi connectivity index (χ4n) is 3.87. The van der Waals surface area contributed by atoms with Crippen molar-refractivity contribution in [2.45, 2.75) is 75.5 Å². The summed E-state index contributed by atoms with van der Waals surface area (Å²) in [4.78, 5) is 27.2. The van der Waals surface area contributed by atoms with E-state index >= 15 is 0 Å². The summed E-state index contributed by atoms with van der Waals surface area (Å²) in [5, 5.41) is 16.5. The van der Waals surface area contributed by atoms with E-state index in [4.69, 9.17) is 21.1 Å². The van der Waals surface area contributed by atoms with Gasteiger partial charge in [0.05, 0.1) is 18.2 Å². The number of anilines is 1. The highest BCUT2D eigenvalue weighted by Crippen LogP contribution is 2.51. The summed E-state index contributed by atoms with van der Waals surface area (Å²) in [5.74, 6) is 0.496. The van der Waals surface area contributed by atoms with E-state index in [1.54, 1.807) is 0 Å². The van der Waals surface area contributed by atoms with Crippen molar-refractivity contribution in [3.63, 3.8) is 0 Å². The van der Waals surface area contributed by atoms with Gasteiger partial charge < -0.3 is 29.7 Å². The largest absolute Gasteiger partial charge is 0.387 e. The molecule has 2 fully saturated rings. The van der Waals surface area contributed by atoms with Crippen LogP contribution in [0.25, 0.3) is 11.0 Å². The molecule has 0 aromatic carbocycles. The number of ether oxygens (including phenoxy) is 2. The minimum atomic E-state index is -4.59. The van der Waals surface area contributed by atoms with Crippen LogP contribution in [0, 0.1) is 0 Å². The monoisotopic (exact) mass is 493 g/mol. The summed E-state index contributed by atoms with van der Waals surface area (Å²) >= 11 is 6.10. The molecule has 1 aliphatic heterocycles. The van der Waals surface area contributed by atoms with Crippen LogP contribution in [0.5, 0.6) is 0 Å². The molecule has 14 heteroatoms. The Hall–Kier alpha value is -1.40. The van der Waals surface area contributed by atoms with Crippen LogP contribution in [0.15, 0.2) is 6.20 Å². The van der Waals surface area contributed by atoms with E-state index in [1.807, 2.05) is 0 Å². The lowest BCUT2D eigenvalue weighted by Crippen LogP contribution is -2.35. The molecule has 0 radical (unpaired) electrons. The molecular weight excluding hydrogens is 468 g/mol. The SMILES string of the molecule is CC(C)(OC[C@H]1O[C@@H](n2ncc3c(NC4CCCC4)nc(Cl)nc32)[C@@H](F)[C@@H]1O)P(=O)(O)O. The van der Waals surface area contributed by atoms with E-state index in [2.05, 4.69) is 20.4 Å². The Kier molecular flexibility index (Phi) is 6.49. The third-order valence-corrected chi connectivity index (χ3v) is 7.66. The van der Waals surface area contributed by atoms with Gasteiger partial charge in [0.25, 0.3) is 0 Å². The van der Waals surface area contributed by atoms with Gasteiger partial charge in [0, 0.05) is 6.04 Å². The summed E-state index contributed by atoms with van der Waals surface area (Å²) < 4.78 is 38.6. The van der Waals surface area contributed by atoms with Crippen molar-refractivity contribution in [3.8, 4) is 0 Å². The molecule has 1 aliphatic carbocycles. The predicted molar refractivity (Wildman–Crippen MR) is 113 cm³/mol. The zero-order valence-electron chi connectivity index (χ0n) is 17.6. The molecule has 0 bridgehead atoms. The van der Waals surface area contributed by atoms with Crippen molar-refractivity contribution < 1.29 is 33.3 Å². The number of aromatic nitrogens is 4. The first-order chi connectivity index (χ1) is 15.0.